The van der Waals surface area contributed by atoms with E-state index in [1.165, 1.54) is 6.26 Å². The molecule has 0 fully saturated rings. The molecular weight excluding hydrogens is 312 g/mol. The van der Waals surface area contributed by atoms with Crippen LogP contribution in [0.5, 0.6) is 0 Å². The lowest BCUT2D eigenvalue weighted by Crippen LogP contribution is -2.37. The first-order valence-corrected chi connectivity index (χ1v) is 9.92. The Morgan fingerprint density at radius 3 is 2.30 bits per heavy atom. The van der Waals surface area contributed by atoms with E-state index in [9.17, 15) is 13.2 Å². The van der Waals surface area contributed by atoms with E-state index in [0.29, 0.717) is 11.5 Å². The molecule has 1 aromatic rings. The van der Waals surface area contributed by atoms with Crippen molar-refractivity contribution in [2.45, 2.75) is 46.7 Å². The number of hydrogen-bond donors (Lipinski definition) is 2. The summed E-state index contributed by atoms with van der Waals surface area (Å²) in [5.74, 6) is 0.154. The van der Waals surface area contributed by atoms with Gasteiger partial charge in [-0.1, -0.05) is 19.9 Å². The zero-order valence-corrected chi connectivity index (χ0v) is 15.6. The highest BCUT2D eigenvalue weighted by Crippen LogP contribution is 2.21. The predicted molar refractivity (Wildman–Crippen MR) is 95.7 cm³/mol. The van der Waals surface area contributed by atoms with Gasteiger partial charge in [0.05, 0.1) is 5.75 Å². The van der Waals surface area contributed by atoms with Gasteiger partial charge in [-0.3, -0.25) is 4.79 Å². The second-order valence-corrected chi connectivity index (χ2v) is 8.81. The quantitative estimate of drug-likeness (QED) is 0.800. The van der Waals surface area contributed by atoms with Crippen molar-refractivity contribution in [3.63, 3.8) is 0 Å². The third-order valence-corrected chi connectivity index (χ3v) is 5.00. The number of benzene rings is 1. The molecule has 0 aliphatic carbocycles. The number of anilines is 1. The van der Waals surface area contributed by atoms with E-state index in [-0.39, 0.29) is 17.7 Å². The largest absolute Gasteiger partial charge is 0.382 e. The normalized spacial score (nSPS) is 14.4. The number of nitrogens with one attached hydrogen (secondary N) is 2. The molecule has 5 nitrogen and oxygen atoms in total. The summed E-state index contributed by atoms with van der Waals surface area (Å²) in [7, 11) is -3.12. The summed E-state index contributed by atoms with van der Waals surface area (Å²) >= 11 is 0. The number of carbonyl (C=O) groups is 1. The van der Waals surface area contributed by atoms with Crippen LogP contribution in [0.3, 0.4) is 0 Å². The van der Waals surface area contributed by atoms with Crippen molar-refractivity contribution < 1.29 is 13.2 Å². The van der Waals surface area contributed by atoms with Gasteiger partial charge in [0.25, 0.3) is 5.91 Å². The third kappa shape index (κ3) is 6.22. The van der Waals surface area contributed by atoms with E-state index in [0.717, 1.165) is 11.3 Å². The zero-order valence-electron chi connectivity index (χ0n) is 14.8. The topological polar surface area (TPSA) is 75.3 Å². The molecule has 6 heteroatoms. The van der Waals surface area contributed by atoms with Gasteiger partial charge < -0.3 is 10.6 Å². The molecule has 1 rings (SSSR count). The molecule has 0 saturated heterocycles. The van der Waals surface area contributed by atoms with E-state index in [4.69, 9.17) is 0 Å². The second-order valence-electron chi connectivity index (χ2n) is 6.62. The number of sulfone groups is 1. The molecule has 0 saturated carbocycles. The molecule has 0 unspecified atom stereocenters. The van der Waals surface area contributed by atoms with Crippen molar-refractivity contribution in [3.8, 4) is 0 Å². The molecule has 0 aromatic heterocycles. The summed E-state index contributed by atoms with van der Waals surface area (Å²) in [4.78, 5) is 12.4. The summed E-state index contributed by atoms with van der Waals surface area (Å²) in [5.41, 5.74) is 2.35. The fourth-order valence-corrected chi connectivity index (χ4v) is 3.24. The highest BCUT2D eigenvalue weighted by Gasteiger charge is 2.17. The van der Waals surface area contributed by atoms with Crippen molar-refractivity contribution in [1.29, 1.82) is 0 Å². The Hall–Kier alpha value is -1.56. The summed E-state index contributed by atoms with van der Waals surface area (Å²) in [6.45, 7) is 9.96. The molecule has 0 radical (unpaired) electrons. The van der Waals surface area contributed by atoms with Gasteiger partial charge in [0, 0.05) is 29.6 Å². The first-order valence-electron chi connectivity index (χ1n) is 7.86. The van der Waals surface area contributed by atoms with Crippen molar-refractivity contribution >= 4 is 21.4 Å². The van der Waals surface area contributed by atoms with Crippen LogP contribution in [0.15, 0.2) is 18.2 Å². The Balaban J connectivity index is 2.90. The molecule has 0 aliphatic rings. The minimum atomic E-state index is -3.12. The Labute approximate surface area is 139 Å². The fraction of sp³-hybridized carbons (Fsp3) is 0.588. The molecule has 23 heavy (non-hydrogen) atoms. The highest BCUT2D eigenvalue weighted by molar-refractivity contribution is 7.90. The number of hydrogen-bond acceptors (Lipinski definition) is 4. The molecular formula is C17H28N2O3S. The minimum absolute atomic E-state index is 0.0693. The summed E-state index contributed by atoms with van der Waals surface area (Å²) in [5, 5.41) is 6.17. The van der Waals surface area contributed by atoms with Crippen LogP contribution in [0.1, 0.15) is 43.6 Å². The third-order valence-electron chi connectivity index (χ3n) is 3.89. The van der Waals surface area contributed by atoms with E-state index in [1.807, 2.05) is 19.1 Å². The van der Waals surface area contributed by atoms with Crippen molar-refractivity contribution in [2.24, 2.45) is 5.92 Å². The van der Waals surface area contributed by atoms with Crippen LogP contribution in [0.4, 0.5) is 5.69 Å². The van der Waals surface area contributed by atoms with E-state index in [2.05, 4.69) is 31.4 Å². The lowest BCUT2D eigenvalue weighted by atomic mass is 10.0. The zero-order chi connectivity index (χ0) is 17.8. The maximum Gasteiger partial charge on any atom is 0.251 e. The van der Waals surface area contributed by atoms with Crippen molar-refractivity contribution in [3.05, 3.63) is 29.3 Å². The Kier molecular flexibility index (Phi) is 6.62. The van der Waals surface area contributed by atoms with Gasteiger partial charge >= 0.3 is 0 Å². The van der Waals surface area contributed by atoms with E-state index >= 15 is 0 Å². The van der Waals surface area contributed by atoms with Crippen LogP contribution in [0.25, 0.3) is 0 Å². The fourth-order valence-electron chi connectivity index (χ4n) is 2.25. The van der Waals surface area contributed by atoms with Gasteiger partial charge in [0.15, 0.2) is 0 Å². The Morgan fingerprint density at radius 1 is 1.17 bits per heavy atom. The van der Waals surface area contributed by atoms with Gasteiger partial charge in [0.1, 0.15) is 9.84 Å². The van der Waals surface area contributed by atoms with Gasteiger partial charge in [-0.25, -0.2) is 8.42 Å². The second kappa shape index (κ2) is 7.81. The van der Waals surface area contributed by atoms with Crippen LogP contribution in [-0.4, -0.2) is 38.4 Å². The first-order chi connectivity index (χ1) is 10.5. The molecule has 1 amide bonds. The Morgan fingerprint density at radius 2 is 1.78 bits per heavy atom. The van der Waals surface area contributed by atoms with E-state index < -0.39 is 15.9 Å². The molecule has 0 heterocycles. The predicted octanol–water partition coefficient (Wildman–Crippen LogP) is 2.61. The molecule has 1 aromatic carbocycles. The molecule has 130 valence electrons. The Bertz CT molecular complexity index is 654. The molecule has 0 aliphatic heterocycles. The summed E-state index contributed by atoms with van der Waals surface area (Å²) in [6, 6.07) is 5.39. The number of rotatable bonds is 7. The average Bonchev–Trinajstić information content (AvgIpc) is 2.38. The van der Waals surface area contributed by atoms with Gasteiger partial charge in [0.2, 0.25) is 0 Å². The SMILES string of the molecule is Cc1c(N[C@H](C)C(C)C)cccc1C(=O)N[C@@H](C)CS(C)(=O)=O. The minimum Gasteiger partial charge on any atom is -0.382 e. The first kappa shape index (κ1) is 19.5. The smallest absolute Gasteiger partial charge is 0.251 e. The molecule has 2 N–H and O–H groups in total. The van der Waals surface area contributed by atoms with Gasteiger partial charge in [-0.2, -0.15) is 0 Å². The van der Waals surface area contributed by atoms with E-state index in [1.54, 1.807) is 13.0 Å². The monoisotopic (exact) mass is 340 g/mol. The lowest BCUT2D eigenvalue weighted by Gasteiger charge is -2.21. The van der Waals surface area contributed by atoms with Crippen LogP contribution in [0.2, 0.25) is 0 Å². The number of carbonyl (C=O) groups excluding carboxylic acids is 1. The van der Waals surface area contributed by atoms with Crippen LogP contribution in [-0.2, 0) is 9.84 Å². The maximum atomic E-state index is 12.4. The highest BCUT2D eigenvalue weighted by atomic mass is 32.2. The molecule has 2 atom stereocenters. The maximum absolute atomic E-state index is 12.4. The van der Waals surface area contributed by atoms with Gasteiger partial charge in [-0.15, -0.1) is 0 Å². The van der Waals surface area contributed by atoms with Crippen LogP contribution < -0.4 is 10.6 Å². The van der Waals surface area contributed by atoms with Crippen LogP contribution in [0, 0.1) is 12.8 Å². The van der Waals surface area contributed by atoms with Gasteiger partial charge in [-0.05, 0) is 44.4 Å². The number of amides is 1. The van der Waals surface area contributed by atoms with Crippen molar-refractivity contribution in [2.75, 3.05) is 17.3 Å². The molecule has 0 bridgehead atoms. The lowest BCUT2D eigenvalue weighted by molar-refractivity contribution is 0.0943. The molecule has 0 spiro atoms. The van der Waals surface area contributed by atoms with Crippen molar-refractivity contribution in [1.82, 2.24) is 5.32 Å². The standard InChI is InChI=1S/C17H28N2O3S/c1-11(2)14(5)19-16-9-7-8-15(13(16)4)17(20)18-12(3)10-23(6,21)22/h7-9,11-12,14,19H,10H2,1-6H3,(H,18,20)/t12-,14+/m0/s1. The average molecular weight is 340 g/mol. The van der Waals surface area contributed by atoms with Crippen LogP contribution >= 0.6 is 0 Å². The summed E-state index contributed by atoms with van der Waals surface area (Å²) in [6.07, 6.45) is 1.17. The summed E-state index contributed by atoms with van der Waals surface area (Å²) < 4.78 is 22.6.